The number of rotatable bonds is 8. The summed E-state index contributed by atoms with van der Waals surface area (Å²) in [6.07, 6.45) is 2.44. The third-order valence-corrected chi connectivity index (χ3v) is 3.67. The van der Waals surface area contributed by atoms with Crippen molar-refractivity contribution in [2.75, 3.05) is 18.9 Å². The Labute approximate surface area is 112 Å². The summed E-state index contributed by atoms with van der Waals surface area (Å²) < 4.78 is 10.3. The van der Waals surface area contributed by atoms with Gasteiger partial charge in [-0.05, 0) is 32.9 Å². The van der Waals surface area contributed by atoms with E-state index in [9.17, 15) is 4.79 Å². The zero-order valence-corrected chi connectivity index (χ0v) is 12.0. The Balaban J connectivity index is 2.37. The number of likely N-dealkylation sites (N-methyl/N-ethyl adjacent to an activating group) is 1. The maximum Gasteiger partial charge on any atom is 0.323 e. The van der Waals surface area contributed by atoms with Crippen molar-refractivity contribution in [1.29, 1.82) is 0 Å². The average Bonchev–Trinajstić information content (AvgIpc) is 2.74. The van der Waals surface area contributed by atoms with Gasteiger partial charge < -0.3 is 14.5 Å². The van der Waals surface area contributed by atoms with Gasteiger partial charge in [-0.25, -0.2) is 0 Å². The lowest BCUT2D eigenvalue weighted by Gasteiger charge is -2.15. The third-order valence-electron chi connectivity index (χ3n) is 2.50. The molecule has 4 nitrogen and oxygen atoms in total. The number of carbonyl (C=O) groups excluding carboxylic acids is 1. The lowest BCUT2D eigenvalue weighted by Crippen LogP contribution is -2.38. The number of nitrogens with one attached hydrogen (secondary N) is 1. The molecule has 0 bridgehead atoms. The van der Waals surface area contributed by atoms with Crippen molar-refractivity contribution < 1.29 is 13.9 Å². The molecule has 18 heavy (non-hydrogen) atoms. The molecule has 1 atom stereocenters. The molecule has 1 rings (SSSR count). The number of ether oxygens (including phenoxy) is 1. The van der Waals surface area contributed by atoms with Crippen LogP contribution in [-0.2, 0) is 9.53 Å². The molecule has 0 aliphatic heterocycles. The predicted molar refractivity (Wildman–Crippen MR) is 72.9 cm³/mol. The minimum absolute atomic E-state index is 0.163. The minimum atomic E-state index is -0.213. The SMILES string of the molecule is CCNC(CCSc1ccoc1C)C(=O)OCC. The van der Waals surface area contributed by atoms with Crippen LogP contribution in [0.5, 0.6) is 0 Å². The first kappa shape index (κ1) is 15.1. The molecule has 1 heterocycles. The van der Waals surface area contributed by atoms with Gasteiger partial charge in [0, 0.05) is 10.6 Å². The second-order valence-electron chi connectivity index (χ2n) is 3.84. The quantitative estimate of drug-likeness (QED) is 0.582. The second kappa shape index (κ2) is 8.21. The van der Waals surface area contributed by atoms with Crippen LogP contribution in [0.25, 0.3) is 0 Å². The van der Waals surface area contributed by atoms with Crippen LogP contribution in [0, 0.1) is 6.92 Å². The van der Waals surface area contributed by atoms with E-state index in [0.29, 0.717) is 6.61 Å². The Bertz CT molecular complexity index is 365. The van der Waals surface area contributed by atoms with Crippen molar-refractivity contribution in [2.45, 2.75) is 38.1 Å². The molecule has 0 aromatic carbocycles. The van der Waals surface area contributed by atoms with Crippen LogP contribution in [0.2, 0.25) is 0 Å². The molecule has 0 aliphatic rings. The van der Waals surface area contributed by atoms with Gasteiger partial charge in [0.05, 0.1) is 12.9 Å². The number of furan rings is 1. The van der Waals surface area contributed by atoms with Crippen molar-refractivity contribution in [2.24, 2.45) is 0 Å². The van der Waals surface area contributed by atoms with Crippen molar-refractivity contribution >= 4 is 17.7 Å². The van der Waals surface area contributed by atoms with Gasteiger partial charge in [0.2, 0.25) is 0 Å². The highest BCUT2D eigenvalue weighted by atomic mass is 32.2. The van der Waals surface area contributed by atoms with Gasteiger partial charge in [0.25, 0.3) is 0 Å². The summed E-state index contributed by atoms with van der Waals surface area (Å²) in [6, 6.07) is 1.74. The Morgan fingerprint density at radius 1 is 1.56 bits per heavy atom. The van der Waals surface area contributed by atoms with E-state index in [4.69, 9.17) is 9.15 Å². The first-order chi connectivity index (χ1) is 8.69. The topological polar surface area (TPSA) is 51.5 Å². The summed E-state index contributed by atoms with van der Waals surface area (Å²) in [5, 5.41) is 3.15. The molecule has 0 saturated heterocycles. The fraction of sp³-hybridized carbons (Fsp3) is 0.615. The maximum atomic E-state index is 11.7. The first-order valence-corrected chi connectivity index (χ1v) is 7.24. The Hall–Kier alpha value is -0.940. The molecule has 0 aliphatic carbocycles. The Morgan fingerprint density at radius 3 is 2.89 bits per heavy atom. The molecule has 1 N–H and O–H groups in total. The summed E-state index contributed by atoms with van der Waals surface area (Å²) in [7, 11) is 0. The van der Waals surface area contributed by atoms with Gasteiger partial charge >= 0.3 is 5.97 Å². The lowest BCUT2D eigenvalue weighted by atomic mass is 10.2. The normalized spacial score (nSPS) is 12.4. The van der Waals surface area contributed by atoms with Gasteiger partial charge in [-0.2, -0.15) is 0 Å². The highest BCUT2D eigenvalue weighted by Crippen LogP contribution is 2.24. The third kappa shape index (κ3) is 4.74. The molecule has 1 aromatic heterocycles. The molecule has 0 fully saturated rings. The van der Waals surface area contributed by atoms with Crippen LogP contribution >= 0.6 is 11.8 Å². The predicted octanol–water partition coefficient (Wildman–Crippen LogP) is 2.61. The van der Waals surface area contributed by atoms with E-state index in [1.54, 1.807) is 18.0 Å². The summed E-state index contributed by atoms with van der Waals surface area (Å²) in [4.78, 5) is 12.8. The van der Waals surface area contributed by atoms with E-state index in [2.05, 4.69) is 5.32 Å². The largest absolute Gasteiger partial charge is 0.468 e. The monoisotopic (exact) mass is 271 g/mol. The zero-order valence-electron chi connectivity index (χ0n) is 11.2. The number of carbonyl (C=O) groups is 1. The number of hydrogen-bond donors (Lipinski definition) is 1. The Kier molecular flexibility index (Phi) is 6.90. The van der Waals surface area contributed by atoms with Crippen LogP contribution in [0.15, 0.2) is 21.6 Å². The number of hydrogen-bond acceptors (Lipinski definition) is 5. The van der Waals surface area contributed by atoms with Crippen LogP contribution in [0.1, 0.15) is 26.0 Å². The van der Waals surface area contributed by atoms with Crippen molar-refractivity contribution in [1.82, 2.24) is 5.32 Å². The average molecular weight is 271 g/mol. The maximum absolute atomic E-state index is 11.7. The van der Waals surface area contributed by atoms with E-state index in [1.807, 2.05) is 26.8 Å². The van der Waals surface area contributed by atoms with Crippen LogP contribution in [0.3, 0.4) is 0 Å². The van der Waals surface area contributed by atoms with Crippen LogP contribution in [0.4, 0.5) is 0 Å². The molecule has 1 unspecified atom stereocenters. The zero-order chi connectivity index (χ0) is 13.4. The van der Waals surface area contributed by atoms with E-state index in [1.165, 1.54) is 0 Å². The molecule has 0 amide bonds. The van der Waals surface area contributed by atoms with E-state index >= 15 is 0 Å². The summed E-state index contributed by atoms with van der Waals surface area (Å²) >= 11 is 1.70. The number of aryl methyl sites for hydroxylation is 1. The number of thioether (sulfide) groups is 1. The van der Waals surface area contributed by atoms with E-state index < -0.39 is 0 Å². The highest BCUT2D eigenvalue weighted by molar-refractivity contribution is 7.99. The van der Waals surface area contributed by atoms with Crippen LogP contribution in [-0.4, -0.2) is 30.9 Å². The summed E-state index contributed by atoms with van der Waals surface area (Å²) in [5.41, 5.74) is 0. The Morgan fingerprint density at radius 2 is 2.33 bits per heavy atom. The second-order valence-corrected chi connectivity index (χ2v) is 4.98. The van der Waals surface area contributed by atoms with E-state index in [0.717, 1.165) is 29.4 Å². The summed E-state index contributed by atoms with van der Waals surface area (Å²) in [5.74, 6) is 1.62. The van der Waals surface area contributed by atoms with Gasteiger partial charge in [-0.1, -0.05) is 6.92 Å². The van der Waals surface area contributed by atoms with Crippen molar-refractivity contribution in [3.63, 3.8) is 0 Å². The van der Waals surface area contributed by atoms with Gasteiger partial charge in [-0.15, -0.1) is 11.8 Å². The van der Waals surface area contributed by atoms with Crippen molar-refractivity contribution in [3.8, 4) is 0 Å². The fourth-order valence-corrected chi connectivity index (χ4v) is 2.58. The molecule has 0 spiro atoms. The molecule has 5 heteroatoms. The summed E-state index contributed by atoms with van der Waals surface area (Å²) in [6.45, 7) is 6.94. The first-order valence-electron chi connectivity index (χ1n) is 6.25. The molecule has 102 valence electrons. The van der Waals surface area contributed by atoms with Crippen molar-refractivity contribution in [3.05, 3.63) is 18.1 Å². The molecule has 0 radical (unpaired) electrons. The van der Waals surface area contributed by atoms with Gasteiger partial charge in [-0.3, -0.25) is 4.79 Å². The van der Waals surface area contributed by atoms with E-state index in [-0.39, 0.29) is 12.0 Å². The van der Waals surface area contributed by atoms with Crippen LogP contribution < -0.4 is 5.32 Å². The molecular weight excluding hydrogens is 250 g/mol. The fourth-order valence-electron chi connectivity index (χ4n) is 1.60. The number of esters is 1. The van der Waals surface area contributed by atoms with Gasteiger partial charge in [0.1, 0.15) is 11.8 Å². The smallest absolute Gasteiger partial charge is 0.323 e. The van der Waals surface area contributed by atoms with Gasteiger partial charge in [0.15, 0.2) is 0 Å². The molecule has 1 aromatic rings. The molecular formula is C13H21NO3S. The standard InChI is InChI=1S/C13H21NO3S/c1-4-14-11(13(15)16-5-2)7-9-18-12-6-8-17-10(12)3/h6,8,11,14H,4-5,7,9H2,1-3H3. The molecule has 0 saturated carbocycles. The highest BCUT2D eigenvalue weighted by Gasteiger charge is 2.18. The minimum Gasteiger partial charge on any atom is -0.468 e. The lowest BCUT2D eigenvalue weighted by molar-refractivity contribution is -0.145.